The molecular weight excluding hydrogens is 319 g/mol. The highest BCUT2D eigenvalue weighted by Crippen LogP contribution is 2.53. The number of hydrogen-bond acceptors (Lipinski definition) is 0. The number of allylic oxidation sites excluding steroid dienone is 8. The minimum absolute atomic E-state index is 0.223. The van der Waals surface area contributed by atoms with Gasteiger partial charge in [-0.2, -0.15) is 0 Å². The van der Waals surface area contributed by atoms with Crippen LogP contribution in [0, 0.1) is 10.8 Å². The molecule has 0 aliphatic heterocycles. The summed E-state index contributed by atoms with van der Waals surface area (Å²) in [5.41, 5.74) is 4.45. The van der Waals surface area contributed by atoms with Crippen LogP contribution in [0.2, 0.25) is 0 Å². The zero-order valence-corrected chi connectivity index (χ0v) is 17.3. The Kier molecular flexibility index (Phi) is 4.95. The lowest BCUT2D eigenvalue weighted by molar-refractivity contribution is 0.518. The lowest BCUT2D eigenvalue weighted by atomic mass is 9.87. The van der Waals surface area contributed by atoms with Crippen molar-refractivity contribution in [2.45, 2.75) is 52.9 Å². The monoisotopic (exact) mass is 350 g/mol. The molecule has 25 heavy (non-hydrogen) atoms. The second kappa shape index (κ2) is 6.73. The molecule has 1 aromatic carbocycles. The third-order valence-corrected chi connectivity index (χ3v) is 7.90. The van der Waals surface area contributed by atoms with Crippen molar-refractivity contribution in [1.82, 2.24) is 0 Å². The van der Waals surface area contributed by atoms with Crippen molar-refractivity contribution < 1.29 is 0 Å². The molecule has 0 radical (unpaired) electrons. The van der Waals surface area contributed by atoms with Gasteiger partial charge in [0.15, 0.2) is 0 Å². The van der Waals surface area contributed by atoms with E-state index in [1.54, 1.807) is 0 Å². The summed E-state index contributed by atoms with van der Waals surface area (Å²) in [4.78, 5) is 0. The van der Waals surface area contributed by atoms with E-state index in [9.17, 15) is 0 Å². The van der Waals surface area contributed by atoms with Gasteiger partial charge in [-0.1, -0.05) is 116 Å². The summed E-state index contributed by atoms with van der Waals surface area (Å²) in [7, 11) is -0.332. The van der Waals surface area contributed by atoms with Crippen LogP contribution in [0.4, 0.5) is 0 Å². The molecule has 0 spiro atoms. The first-order valence-electron chi connectivity index (χ1n) is 9.31. The Labute approximate surface area is 155 Å². The number of hydrogen-bond donors (Lipinski definition) is 0. The van der Waals surface area contributed by atoms with Crippen LogP contribution in [-0.4, -0.2) is 11.3 Å². The molecule has 0 heterocycles. The number of benzene rings is 1. The Balaban J connectivity index is 1.97. The molecular formula is C24H31P. The van der Waals surface area contributed by atoms with E-state index in [1.807, 2.05) is 0 Å². The van der Waals surface area contributed by atoms with Gasteiger partial charge in [0.1, 0.15) is 0 Å². The lowest BCUT2D eigenvalue weighted by Gasteiger charge is -2.28. The van der Waals surface area contributed by atoms with E-state index >= 15 is 0 Å². The van der Waals surface area contributed by atoms with E-state index in [0.29, 0.717) is 11.3 Å². The van der Waals surface area contributed by atoms with Crippen LogP contribution < -0.4 is 5.30 Å². The van der Waals surface area contributed by atoms with Crippen molar-refractivity contribution in [3.63, 3.8) is 0 Å². The van der Waals surface area contributed by atoms with Crippen LogP contribution in [-0.2, 0) is 0 Å². The highest BCUT2D eigenvalue weighted by Gasteiger charge is 2.32. The van der Waals surface area contributed by atoms with Crippen LogP contribution in [0.25, 0.3) is 0 Å². The molecule has 0 aromatic heterocycles. The second-order valence-corrected chi connectivity index (χ2v) is 11.7. The first-order valence-corrected chi connectivity index (χ1v) is 10.8. The summed E-state index contributed by atoms with van der Waals surface area (Å²) in [5.74, 6) is 0. The quantitative estimate of drug-likeness (QED) is 0.538. The Morgan fingerprint density at radius 2 is 1.12 bits per heavy atom. The molecule has 2 aliphatic rings. The fourth-order valence-corrected chi connectivity index (χ4v) is 6.27. The minimum atomic E-state index is -0.332. The predicted octanol–water partition coefficient (Wildman–Crippen LogP) is 6.62. The SMILES string of the molecule is CC(C)(C)C1=CC(P(c2ccccc2)C2C=CC(C(C)(C)C)=C2)C=C1. The summed E-state index contributed by atoms with van der Waals surface area (Å²) in [6.45, 7) is 13.9. The van der Waals surface area contributed by atoms with Crippen molar-refractivity contribution in [3.8, 4) is 0 Å². The lowest BCUT2D eigenvalue weighted by Crippen LogP contribution is -2.17. The minimum Gasteiger partial charge on any atom is -0.0727 e. The first kappa shape index (κ1) is 18.4. The van der Waals surface area contributed by atoms with E-state index in [2.05, 4.69) is 108 Å². The molecule has 0 fully saturated rings. The fraction of sp³-hybridized carbons (Fsp3) is 0.417. The van der Waals surface area contributed by atoms with E-state index < -0.39 is 0 Å². The van der Waals surface area contributed by atoms with Gasteiger partial charge in [0, 0.05) is 11.3 Å². The van der Waals surface area contributed by atoms with Gasteiger partial charge in [0.2, 0.25) is 0 Å². The summed E-state index contributed by atoms with van der Waals surface area (Å²) < 4.78 is 0. The maximum Gasteiger partial charge on any atom is 0.0208 e. The molecule has 2 aliphatic carbocycles. The van der Waals surface area contributed by atoms with Crippen LogP contribution in [0.3, 0.4) is 0 Å². The molecule has 3 rings (SSSR count). The van der Waals surface area contributed by atoms with Gasteiger partial charge in [-0.15, -0.1) is 0 Å². The largest absolute Gasteiger partial charge is 0.0727 e. The van der Waals surface area contributed by atoms with Crippen molar-refractivity contribution in [1.29, 1.82) is 0 Å². The summed E-state index contributed by atoms with van der Waals surface area (Å²) in [6.07, 6.45) is 14.6. The molecule has 2 unspecified atom stereocenters. The smallest absolute Gasteiger partial charge is 0.0208 e. The summed E-state index contributed by atoms with van der Waals surface area (Å²) in [6, 6.07) is 11.1. The number of rotatable bonds is 3. The molecule has 0 saturated heterocycles. The van der Waals surface area contributed by atoms with Crippen molar-refractivity contribution in [2.75, 3.05) is 0 Å². The third-order valence-electron chi connectivity index (χ3n) is 5.08. The van der Waals surface area contributed by atoms with Gasteiger partial charge in [-0.05, 0) is 27.3 Å². The van der Waals surface area contributed by atoms with E-state index in [4.69, 9.17) is 0 Å². The highest BCUT2D eigenvalue weighted by atomic mass is 31.1. The first-order chi connectivity index (χ1) is 11.7. The van der Waals surface area contributed by atoms with Gasteiger partial charge in [-0.25, -0.2) is 0 Å². The van der Waals surface area contributed by atoms with E-state index in [1.165, 1.54) is 16.5 Å². The predicted molar refractivity (Wildman–Crippen MR) is 114 cm³/mol. The molecule has 0 bridgehead atoms. The third kappa shape index (κ3) is 4.06. The van der Waals surface area contributed by atoms with Crippen LogP contribution in [0.1, 0.15) is 41.5 Å². The summed E-state index contributed by atoms with van der Waals surface area (Å²) in [5, 5.41) is 1.50. The molecule has 0 nitrogen and oxygen atoms in total. The van der Waals surface area contributed by atoms with Crippen LogP contribution in [0.5, 0.6) is 0 Å². The second-order valence-electron chi connectivity index (χ2n) is 9.19. The Bertz CT molecular complexity index is 687. The summed E-state index contributed by atoms with van der Waals surface area (Å²) >= 11 is 0. The van der Waals surface area contributed by atoms with Gasteiger partial charge in [-0.3, -0.25) is 0 Å². The van der Waals surface area contributed by atoms with Crippen LogP contribution in [0.15, 0.2) is 77.9 Å². The van der Waals surface area contributed by atoms with Gasteiger partial charge < -0.3 is 0 Å². The molecule has 2 atom stereocenters. The van der Waals surface area contributed by atoms with E-state index in [0.717, 1.165) is 0 Å². The molecule has 1 aromatic rings. The fourth-order valence-electron chi connectivity index (χ4n) is 3.48. The average molecular weight is 350 g/mol. The molecule has 1 heteroatoms. The van der Waals surface area contributed by atoms with Crippen molar-refractivity contribution in [2.24, 2.45) is 10.8 Å². The molecule has 132 valence electrons. The standard InChI is InChI=1S/C24H31P/c1-23(2,3)18-12-14-21(16-18)25(20-10-8-7-9-11-20)22-15-13-19(17-22)24(4,5)6/h7-17,21-22H,1-6H3. The maximum atomic E-state index is 2.52. The van der Waals surface area contributed by atoms with Crippen LogP contribution >= 0.6 is 7.92 Å². The highest BCUT2D eigenvalue weighted by molar-refractivity contribution is 7.67. The molecule has 0 amide bonds. The Morgan fingerprint density at radius 1 is 0.680 bits per heavy atom. The van der Waals surface area contributed by atoms with Crippen molar-refractivity contribution >= 4 is 13.2 Å². The van der Waals surface area contributed by atoms with Gasteiger partial charge in [0.05, 0.1) is 0 Å². The molecule has 0 saturated carbocycles. The molecule has 0 N–H and O–H groups in total. The van der Waals surface area contributed by atoms with E-state index in [-0.39, 0.29) is 18.8 Å². The Hall–Kier alpha value is -1.39. The zero-order chi connectivity index (χ0) is 18.2. The maximum absolute atomic E-state index is 2.52. The average Bonchev–Trinajstić information content (AvgIpc) is 3.17. The zero-order valence-electron chi connectivity index (χ0n) is 16.5. The van der Waals surface area contributed by atoms with Crippen molar-refractivity contribution in [3.05, 3.63) is 77.9 Å². The normalized spacial score (nSPS) is 24.4. The topological polar surface area (TPSA) is 0 Å². The van der Waals surface area contributed by atoms with Gasteiger partial charge >= 0.3 is 0 Å². The van der Waals surface area contributed by atoms with Gasteiger partial charge in [0.25, 0.3) is 0 Å². The Morgan fingerprint density at radius 3 is 1.48 bits per heavy atom.